The highest BCUT2D eigenvalue weighted by Gasteiger charge is 2.56. The Hall–Kier alpha value is -3.27. The van der Waals surface area contributed by atoms with Crippen molar-refractivity contribution in [3.63, 3.8) is 0 Å². The molecule has 2 aromatic rings. The lowest BCUT2D eigenvalue weighted by Gasteiger charge is -2.57. The molecular formula is C26H30FN7O2. The Kier molecular flexibility index (Phi) is 4.80. The molecule has 4 aliphatic heterocycles. The average Bonchev–Trinajstić information content (AvgIpc) is 3.45. The predicted octanol–water partition coefficient (Wildman–Crippen LogP) is 2.11. The third-order valence-corrected chi connectivity index (χ3v) is 8.75. The first kappa shape index (κ1) is 22.0. The Balaban J connectivity index is 1.16. The van der Waals surface area contributed by atoms with E-state index in [1.54, 1.807) is 17.2 Å². The van der Waals surface area contributed by atoms with Crippen molar-refractivity contribution in [3.05, 3.63) is 35.8 Å². The van der Waals surface area contributed by atoms with E-state index in [0.29, 0.717) is 47.9 Å². The van der Waals surface area contributed by atoms with E-state index in [1.165, 1.54) is 6.07 Å². The Morgan fingerprint density at radius 1 is 1.14 bits per heavy atom. The van der Waals surface area contributed by atoms with Crippen LogP contribution in [0.5, 0.6) is 0 Å². The SMILES string of the molecule is O=C1NCC[C@@]12Cc1cnc(Nc3ccc(N4CC5(CNC5)C4)c(F)c3)nc1N(C1CCCC1)C2=O. The molecule has 1 aromatic carbocycles. The van der Waals surface area contributed by atoms with Gasteiger partial charge in [0.15, 0.2) is 0 Å². The first-order valence-electron chi connectivity index (χ1n) is 13.0. The van der Waals surface area contributed by atoms with E-state index in [1.807, 2.05) is 6.07 Å². The number of hydrogen-bond donors (Lipinski definition) is 3. The van der Waals surface area contributed by atoms with Crippen LogP contribution < -0.4 is 25.8 Å². The molecule has 4 fully saturated rings. The molecule has 0 radical (unpaired) electrons. The fraction of sp³-hybridized carbons (Fsp3) is 0.538. The number of amides is 2. The van der Waals surface area contributed by atoms with Gasteiger partial charge in [0.25, 0.3) is 0 Å². The normalized spacial score (nSPS) is 26.7. The molecule has 3 saturated heterocycles. The van der Waals surface area contributed by atoms with E-state index >= 15 is 0 Å². The van der Waals surface area contributed by atoms with Crippen LogP contribution in [0.25, 0.3) is 0 Å². The van der Waals surface area contributed by atoms with Crippen molar-refractivity contribution in [2.45, 2.75) is 44.6 Å². The summed E-state index contributed by atoms with van der Waals surface area (Å²) in [6.07, 6.45) is 6.43. The minimum absolute atomic E-state index is 0.0343. The van der Waals surface area contributed by atoms with Crippen molar-refractivity contribution < 1.29 is 14.0 Å². The van der Waals surface area contributed by atoms with Crippen molar-refractivity contribution in [1.29, 1.82) is 0 Å². The number of nitrogens with one attached hydrogen (secondary N) is 3. The highest BCUT2D eigenvalue weighted by molar-refractivity contribution is 6.14. The van der Waals surface area contributed by atoms with E-state index in [0.717, 1.165) is 57.4 Å². The minimum Gasteiger partial charge on any atom is -0.368 e. The topological polar surface area (TPSA) is 102 Å². The quantitative estimate of drug-likeness (QED) is 0.563. The molecule has 5 aliphatic rings. The van der Waals surface area contributed by atoms with Crippen molar-refractivity contribution in [2.75, 3.05) is 47.8 Å². The standard InChI is InChI=1S/C26H30FN7O2/c27-19-9-17(5-6-20(19)33-14-25(15-33)12-28-13-25)31-24-30-11-16-10-26(7-8-29-22(26)35)23(36)34(21(16)32-24)18-3-1-2-4-18/h5-6,9,11,18,28H,1-4,7-8,10,12-15H2,(H,29,35)(H,30,31,32)/t26-/m1/s1. The smallest absolute Gasteiger partial charge is 0.244 e. The summed E-state index contributed by atoms with van der Waals surface area (Å²) in [6.45, 7) is 4.28. The Bertz CT molecular complexity index is 1250. The van der Waals surface area contributed by atoms with Crippen LogP contribution in [0, 0.1) is 16.6 Å². The van der Waals surface area contributed by atoms with Gasteiger partial charge in [0.2, 0.25) is 17.8 Å². The van der Waals surface area contributed by atoms with Gasteiger partial charge in [0, 0.05) is 68.0 Å². The molecule has 10 heteroatoms. The summed E-state index contributed by atoms with van der Waals surface area (Å²) in [4.78, 5) is 39.6. The molecule has 188 valence electrons. The lowest BCUT2D eigenvalue weighted by Crippen LogP contribution is -2.71. The fourth-order valence-corrected chi connectivity index (χ4v) is 6.67. The second-order valence-corrected chi connectivity index (χ2v) is 11.2. The maximum absolute atomic E-state index is 15.0. The zero-order chi connectivity index (χ0) is 24.5. The van der Waals surface area contributed by atoms with E-state index in [9.17, 15) is 14.0 Å². The number of halogens is 1. The number of hydrogen-bond acceptors (Lipinski definition) is 7. The first-order valence-corrected chi connectivity index (χ1v) is 13.0. The summed E-state index contributed by atoms with van der Waals surface area (Å²) < 4.78 is 15.0. The molecule has 1 atom stereocenters. The molecule has 36 heavy (non-hydrogen) atoms. The molecule has 2 spiro atoms. The zero-order valence-electron chi connectivity index (χ0n) is 20.1. The number of carbonyl (C=O) groups excluding carboxylic acids is 2. The van der Waals surface area contributed by atoms with Gasteiger partial charge in [-0.3, -0.25) is 14.5 Å². The molecular weight excluding hydrogens is 461 g/mol. The number of rotatable bonds is 4. The van der Waals surface area contributed by atoms with Crippen LogP contribution in [-0.4, -0.2) is 60.5 Å². The van der Waals surface area contributed by atoms with Crippen LogP contribution in [0.3, 0.4) is 0 Å². The van der Waals surface area contributed by atoms with Crippen LogP contribution >= 0.6 is 0 Å². The molecule has 9 nitrogen and oxygen atoms in total. The molecule has 0 unspecified atom stereocenters. The average molecular weight is 492 g/mol. The first-order chi connectivity index (χ1) is 17.5. The van der Waals surface area contributed by atoms with Crippen LogP contribution in [0.1, 0.15) is 37.7 Å². The summed E-state index contributed by atoms with van der Waals surface area (Å²) in [5.41, 5.74) is 1.24. The van der Waals surface area contributed by atoms with Gasteiger partial charge in [0.1, 0.15) is 17.1 Å². The van der Waals surface area contributed by atoms with Crippen molar-refractivity contribution in [2.24, 2.45) is 10.8 Å². The summed E-state index contributed by atoms with van der Waals surface area (Å²) in [6, 6.07) is 5.14. The van der Waals surface area contributed by atoms with Gasteiger partial charge in [-0.25, -0.2) is 9.37 Å². The molecule has 2 amide bonds. The molecule has 3 N–H and O–H groups in total. The third-order valence-electron chi connectivity index (χ3n) is 8.75. The van der Waals surface area contributed by atoms with Gasteiger partial charge in [-0.1, -0.05) is 12.8 Å². The molecule has 1 saturated carbocycles. The van der Waals surface area contributed by atoms with Crippen LogP contribution in [-0.2, 0) is 16.0 Å². The number of benzene rings is 1. The molecule has 0 bridgehead atoms. The molecule has 1 aliphatic carbocycles. The third kappa shape index (κ3) is 3.23. The molecule has 5 heterocycles. The monoisotopic (exact) mass is 491 g/mol. The number of anilines is 4. The maximum Gasteiger partial charge on any atom is 0.244 e. The van der Waals surface area contributed by atoms with Gasteiger partial charge in [0.05, 0.1) is 5.69 Å². The lowest BCUT2D eigenvalue weighted by molar-refractivity contribution is -0.140. The Morgan fingerprint density at radius 3 is 2.61 bits per heavy atom. The van der Waals surface area contributed by atoms with Crippen LogP contribution in [0.2, 0.25) is 0 Å². The van der Waals surface area contributed by atoms with E-state index < -0.39 is 5.41 Å². The summed E-state index contributed by atoms with van der Waals surface area (Å²) in [7, 11) is 0. The molecule has 1 aromatic heterocycles. The summed E-state index contributed by atoms with van der Waals surface area (Å²) >= 11 is 0. The van der Waals surface area contributed by atoms with E-state index in [4.69, 9.17) is 4.98 Å². The molecule has 7 rings (SSSR count). The fourth-order valence-electron chi connectivity index (χ4n) is 6.67. The van der Waals surface area contributed by atoms with Gasteiger partial charge in [-0.15, -0.1) is 0 Å². The number of nitrogens with zero attached hydrogens (tertiary/aromatic N) is 4. The van der Waals surface area contributed by atoms with E-state index in [-0.39, 0.29) is 23.7 Å². The highest BCUT2D eigenvalue weighted by atomic mass is 19.1. The van der Waals surface area contributed by atoms with Crippen molar-refractivity contribution in [3.8, 4) is 0 Å². The predicted molar refractivity (Wildman–Crippen MR) is 133 cm³/mol. The lowest BCUT2D eigenvalue weighted by atomic mass is 9.74. The second-order valence-electron chi connectivity index (χ2n) is 11.2. The number of aromatic nitrogens is 2. The largest absolute Gasteiger partial charge is 0.368 e. The second kappa shape index (κ2) is 7.86. The van der Waals surface area contributed by atoms with Crippen LogP contribution in [0.4, 0.5) is 27.5 Å². The van der Waals surface area contributed by atoms with Gasteiger partial charge < -0.3 is 20.9 Å². The van der Waals surface area contributed by atoms with Gasteiger partial charge >= 0.3 is 0 Å². The van der Waals surface area contributed by atoms with E-state index in [2.05, 4.69) is 25.8 Å². The summed E-state index contributed by atoms with van der Waals surface area (Å²) in [5, 5.41) is 9.28. The maximum atomic E-state index is 15.0. The Labute approximate surface area is 208 Å². The van der Waals surface area contributed by atoms with Crippen molar-refractivity contribution in [1.82, 2.24) is 20.6 Å². The Morgan fingerprint density at radius 2 is 1.94 bits per heavy atom. The van der Waals surface area contributed by atoms with Gasteiger partial charge in [-0.05, 0) is 37.5 Å². The van der Waals surface area contributed by atoms with Crippen molar-refractivity contribution >= 4 is 35.0 Å². The minimum atomic E-state index is -1.06. The van der Waals surface area contributed by atoms with Gasteiger partial charge in [-0.2, -0.15) is 4.98 Å². The van der Waals surface area contributed by atoms with Crippen LogP contribution in [0.15, 0.2) is 24.4 Å². The number of carbonyl (C=O) groups is 2. The highest BCUT2D eigenvalue weighted by Crippen LogP contribution is 2.44. The zero-order valence-corrected chi connectivity index (χ0v) is 20.1. The number of fused-ring (bicyclic) bond motifs is 1. The summed E-state index contributed by atoms with van der Waals surface area (Å²) in [5.74, 6) is 0.266.